The molecule has 0 saturated carbocycles. The molecule has 0 radical (unpaired) electrons. The van der Waals surface area contributed by atoms with Crippen LogP contribution >= 0.6 is 0 Å². The molecule has 114 valence electrons. The third-order valence-electron chi connectivity index (χ3n) is 4.53. The number of amides is 1. The van der Waals surface area contributed by atoms with Crippen LogP contribution < -0.4 is 10.2 Å². The molecule has 0 spiro atoms. The summed E-state index contributed by atoms with van der Waals surface area (Å²) < 4.78 is 10.7. The molecule has 3 rings (SSSR count). The van der Waals surface area contributed by atoms with Crippen molar-refractivity contribution in [3.63, 3.8) is 0 Å². The second kappa shape index (κ2) is 6.03. The molecule has 1 saturated heterocycles. The maximum absolute atomic E-state index is 11.8. The van der Waals surface area contributed by atoms with Gasteiger partial charge in [-0.15, -0.1) is 0 Å². The van der Waals surface area contributed by atoms with E-state index in [4.69, 9.17) is 9.47 Å². The van der Waals surface area contributed by atoms with Gasteiger partial charge in [-0.3, -0.25) is 4.79 Å². The number of rotatable bonds is 4. The van der Waals surface area contributed by atoms with Crippen molar-refractivity contribution in [2.75, 3.05) is 32.2 Å². The number of methoxy groups -OCH3 is 2. The molecule has 0 bridgehead atoms. The van der Waals surface area contributed by atoms with E-state index in [-0.39, 0.29) is 12.2 Å². The van der Waals surface area contributed by atoms with Crippen LogP contribution in [-0.2, 0) is 16.0 Å². The normalized spacial score (nSPS) is 19.0. The van der Waals surface area contributed by atoms with Crippen LogP contribution in [0.1, 0.15) is 28.8 Å². The SMILES string of the molecule is COC(OC)C1CCN(c2ccc3c(c2)C(=O)NC3)CC1. The van der Waals surface area contributed by atoms with Gasteiger partial charge in [0.1, 0.15) is 0 Å². The molecule has 1 amide bonds. The number of carbonyl (C=O) groups excluding carboxylic acids is 1. The second-order valence-electron chi connectivity index (χ2n) is 5.69. The third kappa shape index (κ3) is 2.76. The van der Waals surface area contributed by atoms with E-state index >= 15 is 0 Å². The van der Waals surface area contributed by atoms with E-state index in [1.807, 2.05) is 6.07 Å². The van der Waals surface area contributed by atoms with Gasteiger partial charge in [-0.05, 0) is 30.5 Å². The summed E-state index contributed by atoms with van der Waals surface area (Å²) in [7, 11) is 3.39. The van der Waals surface area contributed by atoms with Crippen LogP contribution in [0.15, 0.2) is 18.2 Å². The van der Waals surface area contributed by atoms with Crippen LogP contribution in [0.3, 0.4) is 0 Å². The molecule has 0 aromatic heterocycles. The molecule has 2 heterocycles. The van der Waals surface area contributed by atoms with Crippen LogP contribution in [0, 0.1) is 5.92 Å². The van der Waals surface area contributed by atoms with Crippen LogP contribution in [-0.4, -0.2) is 39.5 Å². The zero-order valence-electron chi connectivity index (χ0n) is 12.6. The van der Waals surface area contributed by atoms with E-state index in [9.17, 15) is 4.79 Å². The molecule has 5 heteroatoms. The predicted molar refractivity (Wildman–Crippen MR) is 80.4 cm³/mol. The summed E-state index contributed by atoms with van der Waals surface area (Å²) in [5.41, 5.74) is 3.05. The van der Waals surface area contributed by atoms with Gasteiger partial charge in [0.05, 0.1) is 0 Å². The number of nitrogens with zero attached hydrogens (tertiary/aromatic N) is 1. The van der Waals surface area contributed by atoms with Crippen LogP contribution in [0.4, 0.5) is 5.69 Å². The summed E-state index contributed by atoms with van der Waals surface area (Å²) in [6, 6.07) is 6.19. The molecule has 1 aromatic carbocycles. The molecule has 1 fully saturated rings. The number of carbonyl (C=O) groups is 1. The molecule has 1 aromatic rings. The highest BCUT2D eigenvalue weighted by Gasteiger charge is 2.27. The van der Waals surface area contributed by atoms with E-state index in [2.05, 4.69) is 22.3 Å². The number of anilines is 1. The number of fused-ring (bicyclic) bond motifs is 1. The van der Waals surface area contributed by atoms with E-state index in [1.165, 1.54) is 0 Å². The molecule has 5 nitrogen and oxygen atoms in total. The lowest BCUT2D eigenvalue weighted by Gasteiger charge is -2.36. The zero-order chi connectivity index (χ0) is 14.8. The number of ether oxygens (including phenoxy) is 2. The minimum absolute atomic E-state index is 0.0422. The highest BCUT2D eigenvalue weighted by molar-refractivity contribution is 5.99. The van der Waals surface area contributed by atoms with Crippen LogP contribution in [0.2, 0.25) is 0 Å². The van der Waals surface area contributed by atoms with Crippen molar-refractivity contribution < 1.29 is 14.3 Å². The monoisotopic (exact) mass is 290 g/mol. The topological polar surface area (TPSA) is 50.8 Å². The molecule has 0 aliphatic carbocycles. The highest BCUT2D eigenvalue weighted by atomic mass is 16.7. The summed E-state index contributed by atoms with van der Waals surface area (Å²) in [6.07, 6.45) is 1.96. The maximum Gasteiger partial charge on any atom is 0.251 e. The number of nitrogens with one attached hydrogen (secondary N) is 1. The Morgan fingerprint density at radius 2 is 1.95 bits per heavy atom. The number of hydrogen-bond acceptors (Lipinski definition) is 4. The first-order chi connectivity index (χ1) is 10.2. The lowest BCUT2D eigenvalue weighted by Crippen LogP contribution is -2.39. The van der Waals surface area contributed by atoms with Gasteiger partial charge in [0.2, 0.25) is 0 Å². The molecule has 0 unspecified atom stereocenters. The molecule has 0 atom stereocenters. The summed E-state index contributed by atoms with van der Waals surface area (Å²) >= 11 is 0. The van der Waals surface area contributed by atoms with Gasteiger partial charge in [0.25, 0.3) is 5.91 Å². The quantitative estimate of drug-likeness (QED) is 0.859. The first-order valence-corrected chi connectivity index (χ1v) is 7.44. The predicted octanol–water partition coefficient (Wildman–Crippen LogP) is 1.77. The van der Waals surface area contributed by atoms with Crippen LogP contribution in [0.25, 0.3) is 0 Å². The second-order valence-corrected chi connectivity index (χ2v) is 5.69. The van der Waals surface area contributed by atoms with Gasteiger partial charge in [-0.1, -0.05) is 6.07 Å². The Kier molecular flexibility index (Phi) is 4.12. The number of piperidine rings is 1. The Hall–Kier alpha value is -1.59. The largest absolute Gasteiger partial charge is 0.371 e. The van der Waals surface area contributed by atoms with Crippen LogP contribution in [0.5, 0.6) is 0 Å². The van der Waals surface area contributed by atoms with E-state index in [0.29, 0.717) is 12.5 Å². The summed E-state index contributed by atoms with van der Waals surface area (Å²) in [4.78, 5) is 14.1. The summed E-state index contributed by atoms with van der Waals surface area (Å²) in [5.74, 6) is 0.481. The summed E-state index contributed by atoms with van der Waals surface area (Å²) in [6.45, 7) is 2.59. The molecule has 2 aliphatic heterocycles. The average molecular weight is 290 g/mol. The van der Waals surface area contributed by atoms with Gasteiger partial charge >= 0.3 is 0 Å². The average Bonchev–Trinajstić information content (AvgIpc) is 2.90. The Labute approximate surface area is 125 Å². The van der Waals surface area contributed by atoms with Gasteiger partial charge in [-0.2, -0.15) is 0 Å². The minimum Gasteiger partial charge on any atom is -0.371 e. The van der Waals surface area contributed by atoms with Gasteiger partial charge in [-0.25, -0.2) is 0 Å². The fourth-order valence-corrected chi connectivity index (χ4v) is 3.31. The molecular weight excluding hydrogens is 268 g/mol. The van der Waals surface area contributed by atoms with Crippen molar-refractivity contribution in [3.8, 4) is 0 Å². The van der Waals surface area contributed by atoms with E-state index in [1.54, 1.807) is 14.2 Å². The standard InChI is InChI=1S/C16H22N2O3/c1-20-16(21-2)11-5-7-18(8-6-11)13-4-3-12-10-17-15(19)14(12)9-13/h3-4,9,11,16H,5-8,10H2,1-2H3,(H,17,19). The van der Waals surface area contributed by atoms with Crippen molar-refractivity contribution >= 4 is 11.6 Å². The Bertz CT molecular complexity index is 520. The highest BCUT2D eigenvalue weighted by Crippen LogP contribution is 2.29. The minimum atomic E-state index is -0.113. The lowest BCUT2D eigenvalue weighted by atomic mass is 9.95. The van der Waals surface area contributed by atoms with Gasteiger partial charge < -0.3 is 19.7 Å². The van der Waals surface area contributed by atoms with Crippen molar-refractivity contribution in [3.05, 3.63) is 29.3 Å². The Morgan fingerprint density at radius 3 is 2.62 bits per heavy atom. The van der Waals surface area contributed by atoms with Crippen molar-refractivity contribution in [2.45, 2.75) is 25.7 Å². The lowest BCUT2D eigenvalue weighted by molar-refractivity contribution is -0.141. The van der Waals surface area contributed by atoms with Gasteiger partial charge in [0, 0.05) is 51.0 Å². The van der Waals surface area contributed by atoms with Crippen molar-refractivity contribution in [1.29, 1.82) is 0 Å². The van der Waals surface area contributed by atoms with E-state index in [0.717, 1.165) is 42.7 Å². The molecular formula is C16H22N2O3. The Morgan fingerprint density at radius 1 is 1.24 bits per heavy atom. The third-order valence-corrected chi connectivity index (χ3v) is 4.53. The summed E-state index contributed by atoms with van der Waals surface area (Å²) in [5, 5.41) is 2.86. The maximum atomic E-state index is 11.8. The fraction of sp³-hybridized carbons (Fsp3) is 0.562. The van der Waals surface area contributed by atoms with E-state index < -0.39 is 0 Å². The molecule has 21 heavy (non-hydrogen) atoms. The number of benzene rings is 1. The van der Waals surface area contributed by atoms with Crippen molar-refractivity contribution in [1.82, 2.24) is 5.32 Å². The first-order valence-electron chi connectivity index (χ1n) is 7.44. The smallest absolute Gasteiger partial charge is 0.251 e. The molecule has 1 N–H and O–H groups in total. The molecule has 2 aliphatic rings. The number of hydrogen-bond donors (Lipinski definition) is 1. The Balaban J connectivity index is 1.67. The zero-order valence-corrected chi connectivity index (χ0v) is 12.6. The fourth-order valence-electron chi connectivity index (χ4n) is 3.31. The van der Waals surface area contributed by atoms with Crippen molar-refractivity contribution in [2.24, 2.45) is 5.92 Å². The van der Waals surface area contributed by atoms with Gasteiger partial charge in [0.15, 0.2) is 6.29 Å². The first kappa shape index (κ1) is 14.4.